The first-order valence-corrected chi connectivity index (χ1v) is 7.44. The van der Waals surface area contributed by atoms with Gasteiger partial charge in [0.15, 0.2) is 0 Å². The van der Waals surface area contributed by atoms with E-state index >= 15 is 0 Å². The zero-order valence-corrected chi connectivity index (χ0v) is 11.9. The highest BCUT2D eigenvalue weighted by molar-refractivity contribution is 5.77. The van der Waals surface area contributed by atoms with E-state index in [1.54, 1.807) is 0 Å². The van der Waals surface area contributed by atoms with Gasteiger partial charge in [0, 0.05) is 11.9 Å². The molecule has 0 radical (unpaired) electrons. The number of rotatable bonds is 5. The highest BCUT2D eigenvalue weighted by Crippen LogP contribution is 2.43. The van der Waals surface area contributed by atoms with Crippen LogP contribution in [0.4, 0.5) is 0 Å². The molecule has 0 amide bonds. The van der Waals surface area contributed by atoms with Gasteiger partial charge >= 0.3 is 0 Å². The second-order valence-corrected chi connectivity index (χ2v) is 6.00. The molecule has 19 heavy (non-hydrogen) atoms. The van der Waals surface area contributed by atoms with E-state index in [2.05, 4.69) is 37.4 Å². The van der Waals surface area contributed by atoms with Crippen molar-refractivity contribution in [2.75, 3.05) is 6.54 Å². The molecule has 1 fully saturated rings. The largest absolute Gasteiger partial charge is 0.459 e. The summed E-state index contributed by atoms with van der Waals surface area (Å²) in [5, 5.41) is 4.85. The molecule has 1 N–H and O–H groups in total. The molecule has 1 aromatic carbocycles. The van der Waals surface area contributed by atoms with Crippen LogP contribution in [0.5, 0.6) is 0 Å². The average molecular weight is 257 g/mol. The minimum absolute atomic E-state index is 0.288. The summed E-state index contributed by atoms with van der Waals surface area (Å²) in [5.41, 5.74) is 1.54. The molecule has 2 heteroatoms. The van der Waals surface area contributed by atoms with Gasteiger partial charge in [-0.25, -0.2) is 0 Å². The first-order chi connectivity index (χ1) is 9.22. The van der Waals surface area contributed by atoms with Gasteiger partial charge in [-0.2, -0.15) is 0 Å². The lowest BCUT2D eigenvalue weighted by Crippen LogP contribution is -2.40. The van der Waals surface area contributed by atoms with Gasteiger partial charge in [-0.15, -0.1) is 0 Å². The number of benzene rings is 1. The predicted octanol–water partition coefficient (Wildman–Crippen LogP) is 4.66. The Kier molecular flexibility index (Phi) is 3.36. The van der Waals surface area contributed by atoms with Crippen molar-refractivity contribution in [3.05, 3.63) is 36.1 Å². The minimum atomic E-state index is 0.288. The molecule has 1 saturated carbocycles. The normalized spacial score (nSPS) is 19.3. The van der Waals surface area contributed by atoms with Crippen LogP contribution in [0.25, 0.3) is 11.0 Å². The SMILES string of the molecule is CCC1(CNC(C)c2cc3ccccc3o2)CCC1. The summed E-state index contributed by atoms with van der Waals surface area (Å²) >= 11 is 0. The van der Waals surface area contributed by atoms with Gasteiger partial charge < -0.3 is 9.73 Å². The Hall–Kier alpha value is -1.28. The molecule has 1 unspecified atom stereocenters. The number of fused-ring (bicyclic) bond motifs is 1. The third kappa shape index (κ3) is 2.42. The fraction of sp³-hybridized carbons (Fsp3) is 0.529. The minimum Gasteiger partial charge on any atom is -0.459 e. The van der Waals surface area contributed by atoms with Crippen molar-refractivity contribution < 1.29 is 4.42 Å². The Morgan fingerprint density at radius 1 is 1.32 bits per heavy atom. The molecule has 2 nitrogen and oxygen atoms in total. The number of nitrogens with one attached hydrogen (secondary N) is 1. The molecule has 1 heterocycles. The molecule has 3 rings (SSSR count). The smallest absolute Gasteiger partial charge is 0.134 e. The van der Waals surface area contributed by atoms with E-state index in [1.807, 2.05) is 12.1 Å². The van der Waals surface area contributed by atoms with Crippen LogP contribution in [-0.4, -0.2) is 6.54 Å². The van der Waals surface area contributed by atoms with E-state index in [0.29, 0.717) is 5.41 Å². The average Bonchev–Trinajstić information content (AvgIpc) is 2.81. The van der Waals surface area contributed by atoms with Crippen molar-refractivity contribution in [1.82, 2.24) is 5.32 Å². The third-order valence-corrected chi connectivity index (χ3v) is 4.82. The maximum absolute atomic E-state index is 5.92. The van der Waals surface area contributed by atoms with Crippen molar-refractivity contribution in [3.8, 4) is 0 Å². The maximum atomic E-state index is 5.92. The highest BCUT2D eigenvalue weighted by Gasteiger charge is 2.35. The van der Waals surface area contributed by atoms with Gasteiger partial charge in [0.25, 0.3) is 0 Å². The lowest BCUT2D eigenvalue weighted by Gasteiger charge is -2.42. The van der Waals surface area contributed by atoms with E-state index in [4.69, 9.17) is 4.42 Å². The topological polar surface area (TPSA) is 25.2 Å². The van der Waals surface area contributed by atoms with Crippen LogP contribution < -0.4 is 5.32 Å². The van der Waals surface area contributed by atoms with Crippen LogP contribution in [0.1, 0.15) is 51.3 Å². The Labute approximate surface area is 115 Å². The van der Waals surface area contributed by atoms with E-state index in [-0.39, 0.29) is 6.04 Å². The first-order valence-electron chi connectivity index (χ1n) is 7.44. The molecule has 1 atom stereocenters. The van der Waals surface area contributed by atoms with Crippen LogP contribution in [0.2, 0.25) is 0 Å². The fourth-order valence-electron chi connectivity index (χ4n) is 3.02. The fourth-order valence-corrected chi connectivity index (χ4v) is 3.02. The van der Waals surface area contributed by atoms with Crippen LogP contribution in [-0.2, 0) is 0 Å². The van der Waals surface area contributed by atoms with Gasteiger partial charge in [0.2, 0.25) is 0 Å². The summed E-state index contributed by atoms with van der Waals surface area (Å²) in [7, 11) is 0. The summed E-state index contributed by atoms with van der Waals surface area (Å²) in [6, 6.07) is 10.7. The second kappa shape index (κ2) is 5.01. The Morgan fingerprint density at radius 2 is 2.11 bits per heavy atom. The zero-order valence-electron chi connectivity index (χ0n) is 11.9. The van der Waals surface area contributed by atoms with E-state index in [9.17, 15) is 0 Å². The third-order valence-electron chi connectivity index (χ3n) is 4.82. The van der Waals surface area contributed by atoms with Crippen molar-refractivity contribution in [2.45, 2.75) is 45.6 Å². The van der Waals surface area contributed by atoms with Crippen molar-refractivity contribution in [2.24, 2.45) is 5.41 Å². The lowest BCUT2D eigenvalue weighted by molar-refractivity contribution is 0.118. The van der Waals surface area contributed by atoms with Gasteiger partial charge in [-0.05, 0) is 43.7 Å². The van der Waals surface area contributed by atoms with Gasteiger partial charge in [0.05, 0.1) is 6.04 Å². The van der Waals surface area contributed by atoms with Crippen molar-refractivity contribution in [1.29, 1.82) is 0 Å². The van der Waals surface area contributed by atoms with Gasteiger partial charge in [-0.1, -0.05) is 31.5 Å². The molecule has 0 aliphatic heterocycles. The van der Waals surface area contributed by atoms with Crippen LogP contribution in [0.3, 0.4) is 0 Å². The molecular formula is C17H23NO. The molecule has 1 aliphatic rings. The molecular weight excluding hydrogens is 234 g/mol. The standard InChI is InChI=1S/C17H23NO/c1-3-17(9-6-10-17)12-18-13(2)16-11-14-7-4-5-8-15(14)19-16/h4-5,7-8,11,13,18H,3,6,9-10,12H2,1-2H3. The van der Waals surface area contributed by atoms with E-state index in [1.165, 1.54) is 31.1 Å². The first kappa shape index (κ1) is 12.7. The highest BCUT2D eigenvalue weighted by atomic mass is 16.3. The quantitative estimate of drug-likeness (QED) is 0.842. The monoisotopic (exact) mass is 257 g/mol. The molecule has 0 spiro atoms. The molecule has 1 aromatic heterocycles. The van der Waals surface area contributed by atoms with Crippen LogP contribution >= 0.6 is 0 Å². The molecule has 102 valence electrons. The van der Waals surface area contributed by atoms with E-state index in [0.717, 1.165) is 17.9 Å². The predicted molar refractivity (Wildman–Crippen MR) is 79.2 cm³/mol. The number of hydrogen-bond acceptors (Lipinski definition) is 2. The summed E-state index contributed by atoms with van der Waals surface area (Å²) in [5.74, 6) is 1.05. The summed E-state index contributed by atoms with van der Waals surface area (Å²) in [6.45, 7) is 5.62. The molecule has 0 saturated heterocycles. The van der Waals surface area contributed by atoms with Crippen LogP contribution in [0, 0.1) is 5.41 Å². The summed E-state index contributed by atoms with van der Waals surface area (Å²) in [6.07, 6.45) is 5.44. The molecule has 0 bridgehead atoms. The number of para-hydroxylation sites is 1. The van der Waals surface area contributed by atoms with Crippen molar-refractivity contribution >= 4 is 11.0 Å². The summed E-state index contributed by atoms with van der Waals surface area (Å²) < 4.78 is 5.92. The molecule has 2 aromatic rings. The van der Waals surface area contributed by atoms with Crippen LogP contribution in [0.15, 0.2) is 34.7 Å². The number of furan rings is 1. The van der Waals surface area contributed by atoms with Gasteiger partial charge in [-0.3, -0.25) is 0 Å². The van der Waals surface area contributed by atoms with Gasteiger partial charge in [0.1, 0.15) is 11.3 Å². The maximum Gasteiger partial charge on any atom is 0.134 e. The molecule has 1 aliphatic carbocycles. The Bertz CT molecular complexity index is 515. The Morgan fingerprint density at radius 3 is 2.74 bits per heavy atom. The van der Waals surface area contributed by atoms with E-state index < -0.39 is 0 Å². The Balaban J connectivity index is 1.68. The lowest BCUT2D eigenvalue weighted by atomic mass is 9.67. The second-order valence-electron chi connectivity index (χ2n) is 6.00. The van der Waals surface area contributed by atoms with Crippen molar-refractivity contribution in [3.63, 3.8) is 0 Å². The summed E-state index contributed by atoms with van der Waals surface area (Å²) in [4.78, 5) is 0. The number of hydrogen-bond donors (Lipinski definition) is 1. The zero-order chi connectivity index (χ0) is 13.3.